The van der Waals surface area contributed by atoms with Gasteiger partial charge >= 0.3 is 0 Å². The normalized spacial score (nSPS) is 26.9. The summed E-state index contributed by atoms with van der Waals surface area (Å²) in [6.45, 7) is 2.48. The van der Waals surface area contributed by atoms with E-state index in [9.17, 15) is 4.79 Å². The lowest BCUT2D eigenvalue weighted by Crippen LogP contribution is -2.33. The number of benzene rings is 1. The van der Waals surface area contributed by atoms with E-state index in [1.165, 1.54) is 0 Å². The van der Waals surface area contributed by atoms with E-state index in [0.29, 0.717) is 6.61 Å². The van der Waals surface area contributed by atoms with Gasteiger partial charge in [-0.05, 0) is 19.4 Å². The highest BCUT2D eigenvalue weighted by Crippen LogP contribution is 2.34. The molecule has 0 aromatic heterocycles. The minimum atomic E-state index is -0.264. The Hall–Kier alpha value is -1.84. The molecular formula is C13H14N2O2. The lowest BCUT2D eigenvalue weighted by molar-refractivity contribution is -0.119. The van der Waals surface area contributed by atoms with E-state index in [1.54, 1.807) is 0 Å². The number of nitrogens with zero attached hydrogens (tertiary/aromatic N) is 1. The molecule has 17 heavy (non-hydrogen) atoms. The van der Waals surface area contributed by atoms with E-state index in [0.717, 1.165) is 23.6 Å². The van der Waals surface area contributed by atoms with Gasteiger partial charge in [0, 0.05) is 11.5 Å². The van der Waals surface area contributed by atoms with Crippen LogP contribution in [0.15, 0.2) is 29.3 Å². The van der Waals surface area contributed by atoms with E-state index in [1.807, 2.05) is 31.2 Å². The first-order chi connectivity index (χ1) is 8.25. The summed E-state index contributed by atoms with van der Waals surface area (Å²) >= 11 is 0. The molecule has 2 aliphatic heterocycles. The fourth-order valence-electron chi connectivity index (χ4n) is 2.33. The van der Waals surface area contributed by atoms with E-state index in [2.05, 4.69) is 10.3 Å². The largest absolute Gasteiger partial charge is 0.493 e. The third kappa shape index (κ3) is 1.69. The monoisotopic (exact) mass is 230 g/mol. The first-order valence-electron chi connectivity index (χ1n) is 5.86. The van der Waals surface area contributed by atoms with Gasteiger partial charge in [-0.25, -0.2) is 0 Å². The number of carbonyl (C=O) groups excluding carboxylic acids is 1. The average molecular weight is 230 g/mol. The van der Waals surface area contributed by atoms with Gasteiger partial charge in [0.2, 0.25) is 5.91 Å². The van der Waals surface area contributed by atoms with Crippen molar-refractivity contribution in [2.24, 2.45) is 4.99 Å². The van der Waals surface area contributed by atoms with Crippen molar-refractivity contribution in [1.82, 2.24) is 5.32 Å². The van der Waals surface area contributed by atoms with Crippen molar-refractivity contribution in [3.63, 3.8) is 0 Å². The summed E-state index contributed by atoms with van der Waals surface area (Å²) in [7, 11) is 0. The number of hydrogen-bond donors (Lipinski definition) is 1. The van der Waals surface area contributed by atoms with Crippen molar-refractivity contribution in [3.05, 3.63) is 29.8 Å². The molecule has 0 saturated heterocycles. The summed E-state index contributed by atoms with van der Waals surface area (Å²) in [6, 6.07) is 7.68. The maximum atomic E-state index is 11.5. The number of rotatable bonds is 1. The molecule has 1 N–H and O–H groups in total. The Kier molecular flexibility index (Phi) is 2.35. The first kappa shape index (κ1) is 10.3. The number of carbonyl (C=O) groups is 1. The lowest BCUT2D eigenvalue weighted by Gasteiger charge is -2.25. The molecule has 0 radical (unpaired) electrons. The van der Waals surface area contributed by atoms with E-state index in [-0.39, 0.29) is 17.9 Å². The van der Waals surface area contributed by atoms with Crippen LogP contribution in [0, 0.1) is 0 Å². The van der Waals surface area contributed by atoms with Crippen molar-refractivity contribution < 1.29 is 9.53 Å². The first-order valence-corrected chi connectivity index (χ1v) is 5.86. The molecule has 4 heteroatoms. The molecule has 0 bridgehead atoms. The van der Waals surface area contributed by atoms with E-state index < -0.39 is 0 Å². The second-order valence-electron chi connectivity index (χ2n) is 4.41. The Morgan fingerprint density at radius 1 is 1.41 bits per heavy atom. The Bertz CT molecular complexity index is 496. The predicted octanol–water partition coefficient (Wildman–Crippen LogP) is 1.47. The summed E-state index contributed by atoms with van der Waals surface area (Å²) < 4.78 is 5.60. The van der Waals surface area contributed by atoms with Crippen LogP contribution in [-0.2, 0) is 4.79 Å². The van der Waals surface area contributed by atoms with Crippen LogP contribution >= 0.6 is 0 Å². The standard InChI is InChI=1S/C13H14N2O2/c1-8-13(16)15-12(14-8)10-6-7-17-11-5-3-2-4-9(10)11/h2-5,8,10H,6-7H2,1H3,(H,14,15,16). The van der Waals surface area contributed by atoms with Gasteiger partial charge in [0.15, 0.2) is 0 Å². The zero-order valence-corrected chi connectivity index (χ0v) is 9.64. The number of amidine groups is 1. The summed E-state index contributed by atoms with van der Waals surface area (Å²) in [6.07, 6.45) is 0.864. The molecule has 4 nitrogen and oxygen atoms in total. The topological polar surface area (TPSA) is 50.7 Å². The molecule has 1 amide bonds. The van der Waals surface area contributed by atoms with Crippen LogP contribution in [-0.4, -0.2) is 24.4 Å². The molecule has 2 heterocycles. The number of fused-ring (bicyclic) bond motifs is 1. The van der Waals surface area contributed by atoms with E-state index in [4.69, 9.17) is 4.74 Å². The molecule has 2 aliphatic rings. The third-order valence-corrected chi connectivity index (χ3v) is 3.25. The van der Waals surface area contributed by atoms with Crippen LogP contribution in [0.4, 0.5) is 0 Å². The van der Waals surface area contributed by atoms with Gasteiger partial charge in [0.25, 0.3) is 0 Å². The van der Waals surface area contributed by atoms with Crippen molar-refractivity contribution in [3.8, 4) is 5.75 Å². The van der Waals surface area contributed by atoms with Crippen molar-refractivity contribution in [2.45, 2.75) is 25.3 Å². The van der Waals surface area contributed by atoms with Crippen molar-refractivity contribution in [2.75, 3.05) is 6.61 Å². The predicted molar refractivity (Wildman–Crippen MR) is 64.3 cm³/mol. The SMILES string of the molecule is CC1N=C(C2CCOc3ccccc32)NC1=O. The Morgan fingerprint density at radius 3 is 3.00 bits per heavy atom. The molecular weight excluding hydrogens is 216 g/mol. The Balaban J connectivity index is 1.96. The Labute approximate surface area is 99.7 Å². The minimum absolute atomic E-state index is 0.0102. The van der Waals surface area contributed by atoms with Gasteiger partial charge in [0.05, 0.1) is 6.61 Å². The van der Waals surface area contributed by atoms with Crippen molar-refractivity contribution >= 4 is 11.7 Å². The maximum absolute atomic E-state index is 11.5. The fraction of sp³-hybridized carbons (Fsp3) is 0.385. The quantitative estimate of drug-likeness (QED) is 0.794. The summed E-state index contributed by atoms with van der Waals surface area (Å²) in [5.74, 6) is 1.84. The van der Waals surface area contributed by atoms with Gasteiger partial charge in [-0.15, -0.1) is 0 Å². The molecule has 2 atom stereocenters. The number of nitrogens with one attached hydrogen (secondary N) is 1. The molecule has 1 aromatic rings. The molecule has 0 spiro atoms. The molecule has 1 aromatic carbocycles. The Morgan fingerprint density at radius 2 is 2.24 bits per heavy atom. The molecule has 0 aliphatic carbocycles. The van der Waals surface area contributed by atoms with Gasteiger partial charge < -0.3 is 10.1 Å². The summed E-state index contributed by atoms with van der Waals surface area (Å²) in [5.41, 5.74) is 1.12. The maximum Gasteiger partial charge on any atom is 0.249 e. The highest BCUT2D eigenvalue weighted by molar-refractivity contribution is 6.08. The van der Waals surface area contributed by atoms with Crippen LogP contribution in [0.1, 0.15) is 24.8 Å². The highest BCUT2D eigenvalue weighted by atomic mass is 16.5. The van der Waals surface area contributed by atoms with Crippen molar-refractivity contribution in [1.29, 1.82) is 0 Å². The molecule has 3 rings (SSSR count). The molecule has 0 fully saturated rings. The number of aliphatic imine (C=N–C) groups is 1. The minimum Gasteiger partial charge on any atom is -0.493 e. The zero-order valence-electron chi connectivity index (χ0n) is 9.64. The second-order valence-corrected chi connectivity index (χ2v) is 4.41. The molecule has 2 unspecified atom stereocenters. The zero-order chi connectivity index (χ0) is 11.8. The van der Waals surface area contributed by atoms with Gasteiger partial charge in [-0.2, -0.15) is 0 Å². The highest BCUT2D eigenvalue weighted by Gasteiger charge is 2.31. The van der Waals surface area contributed by atoms with Gasteiger partial charge in [-0.3, -0.25) is 9.79 Å². The average Bonchev–Trinajstić information content (AvgIpc) is 2.69. The van der Waals surface area contributed by atoms with Crippen LogP contribution in [0.25, 0.3) is 0 Å². The van der Waals surface area contributed by atoms with Gasteiger partial charge in [0.1, 0.15) is 17.6 Å². The lowest BCUT2D eigenvalue weighted by atomic mass is 9.92. The number of para-hydroxylation sites is 1. The summed E-state index contributed by atoms with van der Waals surface area (Å²) in [5, 5.41) is 2.87. The summed E-state index contributed by atoms with van der Waals surface area (Å²) in [4.78, 5) is 15.9. The third-order valence-electron chi connectivity index (χ3n) is 3.25. The van der Waals surface area contributed by atoms with Crippen LogP contribution in [0.3, 0.4) is 0 Å². The van der Waals surface area contributed by atoms with Crippen LogP contribution in [0.5, 0.6) is 5.75 Å². The number of ether oxygens (including phenoxy) is 1. The fourth-order valence-corrected chi connectivity index (χ4v) is 2.33. The molecule has 88 valence electrons. The number of hydrogen-bond acceptors (Lipinski definition) is 3. The van der Waals surface area contributed by atoms with Crippen LogP contribution < -0.4 is 10.1 Å². The second kappa shape index (κ2) is 3.87. The van der Waals surface area contributed by atoms with Gasteiger partial charge in [-0.1, -0.05) is 18.2 Å². The molecule has 0 saturated carbocycles. The van der Waals surface area contributed by atoms with E-state index >= 15 is 0 Å². The van der Waals surface area contributed by atoms with Crippen LogP contribution in [0.2, 0.25) is 0 Å². The number of amides is 1. The smallest absolute Gasteiger partial charge is 0.249 e.